The number of piperidine rings is 1. The average Bonchev–Trinajstić information content (AvgIpc) is 2.69. The maximum absolute atomic E-state index is 12.9. The van der Waals surface area contributed by atoms with Gasteiger partial charge < -0.3 is 14.4 Å². The second-order valence-corrected chi connectivity index (χ2v) is 6.38. The maximum atomic E-state index is 12.9. The summed E-state index contributed by atoms with van der Waals surface area (Å²) in [6.45, 7) is 1.03. The maximum Gasteiger partial charge on any atom is 0.338 e. The van der Waals surface area contributed by atoms with Crippen LogP contribution in [0.15, 0.2) is 42.7 Å². The number of amides is 1. The fraction of sp³-hybridized carbons (Fsp3) is 0.316. The Bertz CT molecular complexity index is 812. The summed E-state index contributed by atoms with van der Waals surface area (Å²) in [6, 6.07) is 8.37. The number of pyridine rings is 1. The first kappa shape index (κ1) is 18.2. The third-order valence-corrected chi connectivity index (χ3v) is 4.54. The molecule has 1 aromatic heterocycles. The van der Waals surface area contributed by atoms with Crippen LogP contribution < -0.4 is 4.74 Å². The van der Waals surface area contributed by atoms with Gasteiger partial charge in [-0.15, -0.1) is 0 Å². The molecule has 3 rings (SSSR count). The zero-order chi connectivity index (χ0) is 18.5. The van der Waals surface area contributed by atoms with Crippen molar-refractivity contribution in [2.24, 2.45) is 0 Å². The third kappa shape index (κ3) is 3.96. The standard InChI is InChI=1S/C19H19ClN2O4/c1-25-19(24)15-7-3-2-6-14(15)18(23)22-10-4-5-13(12-22)26-17-8-9-21-11-16(17)20/h2-3,6-9,11,13H,4-5,10,12H2,1H3/t13-/m0/s1. The van der Waals surface area contributed by atoms with Gasteiger partial charge in [-0.1, -0.05) is 23.7 Å². The van der Waals surface area contributed by atoms with E-state index < -0.39 is 5.97 Å². The van der Waals surface area contributed by atoms with E-state index in [9.17, 15) is 9.59 Å². The summed E-state index contributed by atoms with van der Waals surface area (Å²) in [6.07, 6.45) is 4.59. The topological polar surface area (TPSA) is 68.7 Å². The minimum absolute atomic E-state index is 0.169. The van der Waals surface area contributed by atoms with Gasteiger partial charge in [0.25, 0.3) is 5.91 Å². The number of hydrogen-bond acceptors (Lipinski definition) is 5. The fourth-order valence-electron chi connectivity index (χ4n) is 2.98. The van der Waals surface area contributed by atoms with E-state index in [4.69, 9.17) is 21.1 Å². The van der Waals surface area contributed by atoms with Crippen LogP contribution in [0.1, 0.15) is 33.6 Å². The van der Waals surface area contributed by atoms with Crippen LogP contribution in [0.2, 0.25) is 5.02 Å². The van der Waals surface area contributed by atoms with Gasteiger partial charge in [-0.2, -0.15) is 0 Å². The molecule has 1 aliphatic heterocycles. The quantitative estimate of drug-likeness (QED) is 0.769. The lowest BCUT2D eigenvalue weighted by Gasteiger charge is -2.33. The normalized spacial score (nSPS) is 16.8. The van der Waals surface area contributed by atoms with E-state index in [1.807, 2.05) is 0 Å². The average molecular weight is 375 g/mol. The highest BCUT2D eigenvalue weighted by Crippen LogP contribution is 2.26. The second kappa shape index (κ2) is 8.19. The molecule has 1 aromatic carbocycles. The molecule has 0 N–H and O–H groups in total. The Kier molecular flexibility index (Phi) is 5.73. The molecule has 7 heteroatoms. The molecule has 0 saturated carbocycles. The molecule has 1 amide bonds. The molecule has 26 heavy (non-hydrogen) atoms. The Labute approximate surface area is 156 Å². The smallest absolute Gasteiger partial charge is 0.338 e. The van der Waals surface area contributed by atoms with E-state index in [1.54, 1.807) is 41.4 Å². The molecule has 2 heterocycles. The van der Waals surface area contributed by atoms with Gasteiger partial charge in [0.05, 0.1) is 24.8 Å². The number of carbonyl (C=O) groups is 2. The molecule has 6 nitrogen and oxygen atoms in total. The molecule has 0 radical (unpaired) electrons. The summed E-state index contributed by atoms with van der Waals surface area (Å²) >= 11 is 6.09. The van der Waals surface area contributed by atoms with Gasteiger partial charge >= 0.3 is 5.97 Å². The molecule has 0 aliphatic carbocycles. The number of esters is 1. The van der Waals surface area contributed by atoms with Gasteiger partial charge in [0.1, 0.15) is 16.9 Å². The highest BCUT2D eigenvalue weighted by molar-refractivity contribution is 6.31. The highest BCUT2D eigenvalue weighted by atomic mass is 35.5. The van der Waals surface area contributed by atoms with Crippen LogP contribution in [0.4, 0.5) is 0 Å². The summed E-state index contributed by atoms with van der Waals surface area (Å²) < 4.78 is 10.7. The van der Waals surface area contributed by atoms with Crippen molar-refractivity contribution < 1.29 is 19.1 Å². The van der Waals surface area contributed by atoms with Gasteiger partial charge in [0, 0.05) is 25.0 Å². The number of rotatable bonds is 4. The van der Waals surface area contributed by atoms with Crippen LogP contribution in [0.25, 0.3) is 0 Å². The Morgan fingerprint density at radius 2 is 2.00 bits per heavy atom. The molecular weight excluding hydrogens is 356 g/mol. The van der Waals surface area contributed by atoms with Crippen LogP contribution in [-0.2, 0) is 4.74 Å². The molecule has 0 spiro atoms. The van der Waals surface area contributed by atoms with E-state index in [2.05, 4.69) is 4.98 Å². The van der Waals surface area contributed by atoms with Crippen molar-refractivity contribution in [2.45, 2.75) is 18.9 Å². The van der Waals surface area contributed by atoms with E-state index in [0.29, 0.717) is 29.4 Å². The van der Waals surface area contributed by atoms with Crippen LogP contribution >= 0.6 is 11.6 Å². The second-order valence-electron chi connectivity index (χ2n) is 5.98. The Morgan fingerprint density at radius 3 is 2.73 bits per heavy atom. The Balaban J connectivity index is 1.75. The van der Waals surface area contributed by atoms with E-state index in [0.717, 1.165) is 12.8 Å². The van der Waals surface area contributed by atoms with Gasteiger partial charge in [-0.25, -0.2) is 4.79 Å². The van der Waals surface area contributed by atoms with E-state index >= 15 is 0 Å². The number of halogens is 1. The van der Waals surface area contributed by atoms with Crippen molar-refractivity contribution in [2.75, 3.05) is 20.2 Å². The zero-order valence-electron chi connectivity index (χ0n) is 14.4. The molecule has 1 saturated heterocycles. The summed E-state index contributed by atoms with van der Waals surface area (Å²) in [7, 11) is 1.30. The Hall–Kier alpha value is -2.60. The molecule has 1 atom stereocenters. The number of nitrogens with zero attached hydrogens (tertiary/aromatic N) is 2. The predicted octanol–water partition coefficient (Wildman–Crippen LogP) is 3.21. The molecular formula is C19H19ClN2O4. The minimum Gasteiger partial charge on any atom is -0.487 e. The van der Waals surface area contributed by atoms with Crippen LogP contribution in [0, 0.1) is 0 Å². The number of methoxy groups -OCH3 is 1. The summed E-state index contributed by atoms with van der Waals surface area (Å²) in [5.41, 5.74) is 0.599. The lowest BCUT2D eigenvalue weighted by molar-refractivity contribution is 0.0520. The molecule has 2 aromatic rings. The number of benzene rings is 1. The predicted molar refractivity (Wildman–Crippen MR) is 96.6 cm³/mol. The number of ether oxygens (including phenoxy) is 2. The minimum atomic E-state index is -0.526. The molecule has 1 aliphatic rings. The van der Waals surface area contributed by atoms with Crippen molar-refractivity contribution in [3.05, 3.63) is 58.9 Å². The van der Waals surface area contributed by atoms with Gasteiger partial charge in [0.15, 0.2) is 0 Å². The number of hydrogen-bond donors (Lipinski definition) is 0. The van der Waals surface area contributed by atoms with Crippen LogP contribution in [0.3, 0.4) is 0 Å². The van der Waals surface area contributed by atoms with Crippen molar-refractivity contribution in [3.63, 3.8) is 0 Å². The van der Waals surface area contributed by atoms with Crippen molar-refractivity contribution >= 4 is 23.5 Å². The number of aromatic nitrogens is 1. The first-order valence-corrected chi connectivity index (χ1v) is 8.70. The lowest BCUT2D eigenvalue weighted by Crippen LogP contribution is -2.44. The fourth-order valence-corrected chi connectivity index (χ4v) is 3.15. The first-order valence-electron chi connectivity index (χ1n) is 8.33. The van der Waals surface area contributed by atoms with E-state index in [1.165, 1.54) is 13.3 Å². The SMILES string of the molecule is COC(=O)c1ccccc1C(=O)N1CCC[C@H](Oc2ccncc2Cl)C1. The highest BCUT2D eigenvalue weighted by Gasteiger charge is 2.28. The molecule has 0 bridgehead atoms. The summed E-state index contributed by atoms with van der Waals surface area (Å²) in [5.74, 6) is -0.182. The van der Waals surface area contributed by atoms with Gasteiger partial charge in [-0.05, 0) is 25.0 Å². The number of carbonyl (C=O) groups excluding carboxylic acids is 2. The first-order chi connectivity index (χ1) is 12.6. The number of likely N-dealkylation sites (tertiary alicyclic amines) is 1. The van der Waals surface area contributed by atoms with Crippen LogP contribution in [0.5, 0.6) is 5.75 Å². The third-order valence-electron chi connectivity index (χ3n) is 4.26. The molecule has 1 fully saturated rings. The summed E-state index contributed by atoms with van der Waals surface area (Å²) in [4.78, 5) is 30.5. The largest absolute Gasteiger partial charge is 0.487 e. The van der Waals surface area contributed by atoms with Crippen molar-refractivity contribution in [3.8, 4) is 5.75 Å². The Morgan fingerprint density at radius 1 is 1.23 bits per heavy atom. The lowest BCUT2D eigenvalue weighted by atomic mass is 10.0. The zero-order valence-corrected chi connectivity index (χ0v) is 15.1. The molecule has 0 unspecified atom stereocenters. The van der Waals surface area contributed by atoms with E-state index in [-0.39, 0.29) is 17.6 Å². The van der Waals surface area contributed by atoms with Crippen molar-refractivity contribution in [1.29, 1.82) is 0 Å². The monoisotopic (exact) mass is 374 g/mol. The van der Waals surface area contributed by atoms with Gasteiger partial charge in [0.2, 0.25) is 0 Å². The molecule has 136 valence electrons. The van der Waals surface area contributed by atoms with Crippen molar-refractivity contribution in [1.82, 2.24) is 9.88 Å². The van der Waals surface area contributed by atoms with Gasteiger partial charge in [-0.3, -0.25) is 9.78 Å². The van der Waals surface area contributed by atoms with Crippen LogP contribution in [-0.4, -0.2) is 48.1 Å². The summed E-state index contributed by atoms with van der Waals surface area (Å²) in [5, 5.41) is 0.437.